The molecule has 0 unspecified atom stereocenters. The van der Waals surface area contributed by atoms with Crippen LogP contribution in [0.15, 0.2) is 34.6 Å². The number of para-hydroxylation sites is 1. The quantitative estimate of drug-likeness (QED) is 0.819. The molecule has 0 aliphatic rings. The van der Waals surface area contributed by atoms with Crippen molar-refractivity contribution in [1.29, 1.82) is 0 Å². The molecule has 0 radical (unpaired) electrons. The molecule has 0 saturated heterocycles. The number of ether oxygens (including phenoxy) is 1. The Hall–Kier alpha value is -1.69. The molecule has 2 rings (SSSR count). The Labute approximate surface area is 97.6 Å². The van der Waals surface area contributed by atoms with Crippen molar-refractivity contribution in [3.8, 4) is 5.75 Å². The van der Waals surface area contributed by atoms with Gasteiger partial charge in [0.1, 0.15) is 12.1 Å². The average molecular weight is 236 g/mol. The summed E-state index contributed by atoms with van der Waals surface area (Å²) in [6, 6.07) is 5.65. The van der Waals surface area contributed by atoms with E-state index in [-0.39, 0.29) is 0 Å². The molecule has 84 valence electrons. The van der Waals surface area contributed by atoms with Crippen LogP contribution < -0.4 is 10.5 Å². The Morgan fingerprint density at radius 2 is 2.25 bits per heavy atom. The van der Waals surface area contributed by atoms with Crippen LogP contribution in [-0.4, -0.2) is 21.9 Å². The van der Waals surface area contributed by atoms with Crippen LogP contribution in [0.5, 0.6) is 5.75 Å². The summed E-state index contributed by atoms with van der Waals surface area (Å²) < 4.78 is 6.85. The van der Waals surface area contributed by atoms with Gasteiger partial charge in [-0.1, -0.05) is 6.07 Å². The van der Waals surface area contributed by atoms with E-state index in [1.807, 2.05) is 25.2 Å². The van der Waals surface area contributed by atoms with Gasteiger partial charge in [0, 0.05) is 11.9 Å². The molecular weight excluding hydrogens is 224 g/mol. The standard InChI is InChI=1S/C10H12N4OS/c1-14-10(12-6-13-14)16-8-5-3-4-7(15-2)9(8)11/h3-6H,11H2,1-2H3. The maximum atomic E-state index is 5.96. The van der Waals surface area contributed by atoms with Crippen LogP contribution in [0.4, 0.5) is 5.69 Å². The lowest BCUT2D eigenvalue weighted by atomic mass is 10.3. The number of nitrogens with zero attached hydrogens (tertiary/aromatic N) is 3. The number of anilines is 1. The van der Waals surface area contributed by atoms with Gasteiger partial charge in [0.25, 0.3) is 0 Å². The van der Waals surface area contributed by atoms with Crippen LogP contribution in [-0.2, 0) is 7.05 Å². The minimum atomic E-state index is 0.623. The highest BCUT2D eigenvalue weighted by atomic mass is 32.2. The summed E-state index contributed by atoms with van der Waals surface area (Å²) in [6.45, 7) is 0. The number of nitrogen functional groups attached to an aromatic ring is 1. The lowest BCUT2D eigenvalue weighted by Gasteiger charge is -2.08. The van der Waals surface area contributed by atoms with Crippen LogP contribution in [0.1, 0.15) is 0 Å². The molecule has 5 nitrogen and oxygen atoms in total. The van der Waals surface area contributed by atoms with E-state index in [0.29, 0.717) is 11.4 Å². The summed E-state index contributed by atoms with van der Waals surface area (Å²) in [5, 5.41) is 4.79. The summed E-state index contributed by atoms with van der Waals surface area (Å²) in [4.78, 5) is 5.04. The fourth-order valence-corrected chi connectivity index (χ4v) is 2.10. The van der Waals surface area contributed by atoms with E-state index in [0.717, 1.165) is 10.1 Å². The third-order valence-electron chi connectivity index (χ3n) is 2.12. The molecule has 2 aromatic rings. The molecule has 0 aliphatic carbocycles. The molecule has 0 aliphatic heterocycles. The second kappa shape index (κ2) is 4.44. The van der Waals surface area contributed by atoms with E-state index in [1.165, 1.54) is 18.1 Å². The minimum Gasteiger partial charge on any atom is -0.495 e. The number of methoxy groups -OCH3 is 1. The van der Waals surface area contributed by atoms with Crippen LogP contribution in [0.25, 0.3) is 0 Å². The third kappa shape index (κ3) is 1.96. The van der Waals surface area contributed by atoms with E-state index in [9.17, 15) is 0 Å². The highest BCUT2D eigenvalue weighted by Crippen LogP contribution is 2.35. The molecule has 0 atom stereocenters. The molecule has 1 aromatic heterocycles. The van der Waals surface area contributed by atoms with Crippen molar-refractivity contribution in [2.75, 3.05) is 12.8 Å². The van der Waals surface area contributed by atoms with Gasteiger partial charge in [-0.15, -0.1) is 0 Å². The molecule has 0 saturated carbocycles. The van der Waals surface area contributed by atoms with Gasteiger partial charge in [-0.3, -0.25) is 0 Å². The van der Waals surface area contributed by atoms with Crippen LogP contribution in [0, 0.1) is 0 Å². The van der Waals surface area contributed by atoms with Crippen molar-refractivity contribution >= 4 is 17.4 Å². The van der Waals surface area contributed by atoms with E-state index < -0.39 is 0 Å². The minimum absolute atomic E-state index is 0.623. The summed E-state index contributed by atoms with van der Waals surface area (Å²) >= 11 is 1.46. The molecule has 0 bridgehead atoms. The first-order chi connectivity index (χ1) is 7.72. The van der Waals surface area contributed by atoms with E-state index in [4.69, 9.17) is 10.5 Å². The molecule has 0 fully saturated rings. The third-order valence-corrected chi connectivity index (χ3v) is 3.25. The number of hydrogen-bond donors (Lipinski definition) is 1. The highest BCUT2D eigenvalue weighted by molar-refractivity contribution is 7.99. The predicted molar refractivity (Wildman–Crippen MR) is 62.5 cm³/mol. The molecule has 0 spiro atoms. The van der Waals surface area contributed by atoms with Gasteiger partial charge in [0.2, 0.25) is 0 Å². The lowest BCUT2D eigenvalue weighted by Crippen LogP contribution is -1.96. The topological polar surface area (TPSA) is 66.0 Å². The van der Waals surface area contributed by atoms with Gasteiger partial charge in [-0.25, -0.2) is 9.67 Å². The van der Waals surface area contributed by atoms with Crippen LogP contribution in [0.3, 0.4) is 0 Å². The van der Waals surface area contributed by atoms with E-state index in [1.54, 1.807) is 11.8 Å². The van der Waals surface area contributed by atoms with Crippen molar-refractivity contribution in [2.24, 2.45) is 7.05 Å². The van der Waals surface area contributed by atoms with Crippen molar-refractivity contribution < 1.29 is 4.74 Å². The summed E-state index contributed by atoms with van der Waals surface area (Å²) in [5.41, 5.74) is 6.58. The Bertz CT molecular complexity index is 497. The number of rotatable bonds is 3. The second-order valence-corrected chi connectivity index (χ2v) is 4.15. The van der Waals surface area contributed by atoms with Crippen molar-refractivity contribution in [1.82, 2.24) is 14.8 Å². The van der Waals surface area contributed by atoms with Gasteiger partial charge in [-0.05, 0) is 23.9 Å². The predicted octanol–water partition coefficient (Wildman–Crippen LogP) is 1.56. The smallest absolute Gasteiger partial charge is 0.190 e. The maximum Gasteiger partial charge on any atom is 0.190 e. The van der Waals surface area contributed by atoms with Crippen molar-refractivity contribution in [3.63, 3.8) is 0 Å². The van der Waals surface area contributed by atoms with Gasteiger partial charge in [-0.2, -0.15) is 5.10 Å². The monoisotopic (exact) mass is 236 g/mol. The van der Waals surface area contributed by atoms with Gasteiger partial charge < -0.3 is 10.5 Å². The SMILES string of the molecule is COc1cccc(Sc2ncnn2C)c1N. The van der Waals surface area contributed by atoms with Gasteiger partial charge in [0.05, 0.1) is 12.8 Å². The van der Waals surface area contributed by atoms with Crippen molar-refractivity contribution in [3.05, 3.63) is 24.5 Å². The van der Waals surface area contributed by atoms with Crippen LogP contribution >= 0.6 is 11.8 Å². The number of aryl methyl sites for hydroxylation is 1. The normalized spacial score (nSPS) is 10.4. The fraction of sp³-hybridized carbons (Fsp3) is 0.200. The number of benzene rings is 1. The summed E-state index contributed by atoms with van der Waals surface area (Å²) in [6.07, 6.45) is 1.51. The largest absolute Gasteiger partial charge is 0.495 e. The maximum absolute atomic E-state index is 5.96. The molecule has 6 heteroatoms. The Kier molecular flexibility index (Phi) is 3.00. The molecule has 2 N–H and O–H groups in total. The zero-order chi connectivity index (χ0) is 11.5. The fourth-order valence-electron chi connectivity index (χ4n) is 1.27. The number of hydrogen-bond acceptors (Lipinski definition) is 5. The average Bonchev–Trinajstić information content (AvgIpc) is 2.68. The molecule has 1 heterocycles. The highest BCUT2D eigenvalue weighted by Gasteiger charge is 2.09. The first kappa shape index (κ1) is 10.8. The second-order valence-electron chi connectivity index (χ2n) is 3.14. The first-order valence-corrected chi connectivity index (χ1v) is 5.48. The van der Waals surface area contributed by atoms with Gasteiger partial charge >= 0.3 is 0 Å². The van der Waals surface area contributed by atoms with Crippen molar-refractivity contribution in [2.45, 2.75) is 10.1 Å². The zero-order valence-electron chi connectivity index (χ0n) is 9.04. The molecule has 1 aromatic carbocycles. The lowest BCUT2D eigenvalue weighted by molar-refractivity contribution is 0.416. The summed E-state index contributed by atoms with van der Waals surface area (Å²) in [5.74, 6) is 0.673. The van der Waals surface area contributed by atoms with Crippen LogP contribution in [0.2, 0.25) is 0 Å². The number of nitrogens with two attached hydrogens (primary N) is 1. The Morgan fingerprint density at radius 1 is 1.44 bits per heavy atom. The zero-order valence-corrected chi connectivity index (χ0v) is 9.86. The van der Waals surface area contributed by atoms with Gasteiger partial charge in [0.15, 0.2) is 5.16 Å². The Balaban J connectivity index is 2.32. The first-order valence-electron chi connectivity index (χ1n) is 4.66. The molecule has 16 heavy (non-hydrogen) atoms. The Morgan fingerprint density at radius 3 is 2.88 bits per heavy atom. The molecular formula is C10H12N4OS. The van der Waals surface area contributed by atoms with E-state index >= 15 is 0 Å². The summed E-state index contributed by atoms with van der Waals surface area (Å²) in [7, 11) is 3.44. The molecule has 0 amide bonds. The number of aromatic nitrogens is 3. The van der Waals surface area contributed by atoms with E-state index in [2.05, 4.69) is 10.1 Å².